The average molecular weight is 277 g/mol. The molecule has 5 nitrogen and oxygen atoms in total. The van der Waals surface area contributed by atoms with Crippen LogP contribution in [0.25, 0.3) is 0 Å². The van der Waals surface area contributed by atoms with E-state index in [0.717, 1.165) is 38.5 Å². The number of hydrogen-bond acceptors (Lipinski definition) is 4. The second-order valence-electron chi connectivity index (χ2n) is 5.32. The Morgan fingerprint density at radius 1 is 1.45 bits per heavy atom. The van der Waals surface area contributed by atoms with Crippen LogP contribution in [0.2, 0.25) is 0 Å². The van der Waals surface area contributed by atoms with Crippen LogP contribution < -0.4 is 11.1 Å². The lowest BCUT2D eigenvalue weighted by Gasteiger charge is -2.26. The van der Waals surface area contributed by atoms with Crippen molar-refractivity contribution in [3.05, 3.63) is 29.8 Å². The van der Waals surface area contributed by atoms with Gasteiger partial charge in [0.15, 0.2) is 0 Å². The summed E-state index contributed by atoms with van der Waals surface area (Å²) in [5, 5.41) is 2.89. The fourth-order valence-corrected chi connectivity index (χ4v) is 2.27. The molecule has 1 saturated heterocycles. The third kappa shape index (κ3) is 4.92. The van der Waals surface area contributed by atoms with Crippen LogP contribution >= 0.6 is 0 Å². The van der Waals surface area contributed by atoms with Gasteiger partial charge in [-0.15, -0.1) is 0 Å². The van der Waals surface area contributed by atoms with Gasteiger partial charge in [-0.2, -0.15) is 0 Å². The standard InChI is InChI=1S/C15H23N3O2/c1-12(16)9-15(19)17-14-4-2-3-13(10-14)11-18-5-7-20-8-6-18/h2-4,10,12H,5-9,11,16H2,1H3,(H,17,19). The van der Waals surface area contributed by atoms with E-state index >= 15 is 0 Å². The highest BCUT2D eigenvalue weighted by Gasteiger charge is 2.11. The number of morpholine rings is 1. The lowest BCUT2D eigenvalue weighted by molar-refractivity contribution is -0.116. The van der Waals surface area contributed by atoms with Gasteiger partial charge in [0.05, 0.1) is 13.2 Å². The van der Waals surface area contributed by atoms with E-state index in [2.05, 4.69) is 16.3 Å². The van der Waals surface area contributed by atoms with Gasteiger partial charge in [0.1, 0.15) is 0 Å². The van der Waals surface area contributed by atoms with Crippen LogP contribution in [0.5, 0.6) is 0 Å². The van der Waals surface area contributed by atoms with Crippen LogP contribution in [-0.2, 0) is 16.1 Å². The predicted octanol–water partition coefficient (Wildman–Crippen LogP) is 1.19. The molecular formula is C15H23N3O2. The molecule has 110 valence electrons. The minimum atomic E-state index is -0.119. The average Bonchev–Trinajstić information content (AvgIpc) is 2.39. The molecular weight excluding hydrogens is 254 g/mol. The second-order valence-corrected chi connectivity index (χ2v) is 5.32. The third-order valence-electron chi connectivity index (χ3n) is 3.23. The fourth-order valence-electron chi connectivity index (χ4n) is 2.27. The van der Waals surface area contributed by atoms with E-state index in [0.29, 0.717) is 6.42 Å². The van der Waals surface area contributed by atoms with Gasteiger partial charge in [-0.3, -0.25) is 9.69 Å². The molecule has 0 radical (unpaired) electrons. The largest absolute Gasteiger partial charge is 0.379 e. The van der Waals surface area contributed by atoms with Crippen LogP contribution in [0.3, 0.4) is 0 Å². The van der Waals surface area contributed by atoms with Crippen molar-refractivity contribution in [2.45, 2.75) is 25.9 Å². The van der Waals surface area contributed by atoms with Gasteiger partial charge in [-0.1, -0.05) is 12.1 Å². The van der Waals surface area contributed by atoms with Crippen molar-refractivity contribution in [3.63, 3.8) is 0 Å². The fraction of sp³-hybridized carbons (Fsp3) is 0.533. The van der Waals surface area contributed by atoms with Gasteiger partial charge in [0.25, 0.3) is 0 Å². The smallest absolute Gasteiger partial charge is 0.225 e. The minimum absolute atomic E-state index is 0.0384. The van der Waals surface area contributed by atoms with E-state index in [-0.39, 0.29) is 11.9 Å². The first-order valence-corrected chi connectivity index (χ1v) is 7.08. The van der Waals surface area contributed by atoms with Crippen LogP contribution in [0.4, 0.5) is 5.69 Å². The zero-order valence-corrected chi connectivity index (χ0v) is 12.0. The molecule has 0 aliphatic carbocycles. The highest BCUT2D eigenvalue weighted by molar-refractivity contribution is 5.91. The predicted molar refractivity (Wildman–Crippen MR) is 79.4 cm³/mol. The molecule has 2 rings (SSSR count). The number of nitrogens with one attached hydrogen (secondary N) is 1. The van der Waals surface area contributed by atoms with Gasteiger partial charge < -0.3 is 15.8 Å². The van der Waals surface area contributed by atoms with Crippen molar-refractivity contribution in [1.29, 1.82) is 0 Å². The van der Waals surface area contributed by atoms with E-state index in [4.69, 9.17) is 10.5 Å². The summed E-state index contributed by atoms with van der Waals surface area (Å²) in [6.45, 7) is 6.23. The SMILES string of the molecule is CC(N)CC(=O)Nc1cccc(CN2CCOCC2)c1. The maximum Gasteiger partial charge on any atom is 0.225 e. The van der Waals surface area contributed by atoms with E-state index in [1.807, 2.05) is 25.1 Å². The number of anilines is 1. The number of carbonyl (C=O) groups is 1. The first kappa shape index (κ1) is 15.0. The number of ether oxygens (including phenoxy) is 1. The van der Waals surface area contributed by atoms with E-state index < -0.39 is 0 Å². The van der Waals surface area contributed by atoms with E-state index in [1.165, 1.54) is 5.56 Å². The molecule has 1 aromatic rings. The molecule has 1 atom stereocenters. The number of benzene rings is 1. The molecule has 1 aromatic carbocycles. The maximum absolute atomic E-state index is 11.7. The molecule has 3 N–H and O–H groups in total. The first-order valence-electron chi connectivity index (χ1n) is 7.08. The highest BCUT2D eigenvalue weighted by Crippen LogP contribution is 2.14. The van der Waals surface area contributed by atoms with Crippen molar-refractivity contribution in [2.24, 2.45) is 5.73 Å². The molecule has 5 heteroatoms. The van der Waals surface area contributed by atoms with Crippen molar-refractivity contribution in [2.75, 3.05) is 31.6 Å². The molecule has 1 heterocycles. The van der Waals surface area contributed by atoms with Crippen molar-refractivity contribution in [3.8, 4) is 0 Å². The normalized spacial score (nSPS) is 17.7. The number of nitrogens with two attached hydrogens (primary N) is 1. The van der Waals surface area contributed by atoms with Crippen molar-refractivity contribution >= 4 is 11.6 Å². The van der Waals surface area contributed by atoms with Crippen LogP contribution in [0.15, 0.2) is 24.3 Å². The van der Waals surface area contributed by atoms with E-state index in [1.54, 1.807) is 0 Å². The summed E-state index contributed by atoms with van der Waals surface area (Å²) in [7, 11) is 0. The Kier molecular flexibility index (Phi) is 5.52. The van der Waals surface area contributed by atoms with Crippen LogP contribution in [-0.4, -0.2) is 43.2 Å². The van der Waals surface area contributed by atoms with Crippen LogP contribution in [0, 0.1) is 0 Å². The molecule has 1 amide bonds. The summed E-state index contributed by atoms with van der Waals surface area (Å²) in [5.41, 5.74) is 7.66. The Hall–Kier alpha value is -1.43. The monoisotopic (exact) mass is 277 g/mol. The Morgan fingerprint density at radius 3 is 2.90 bits per heavy atom. The molecule has 20 heavy (non-hydrogen) atoms. The Labute approximate surface area is 120 Å². The molecule has 0 spiro atoms. The summed E-state index contributed by atoms with van der Waals surface area (Å²) in [4.78, 5) is 14.1. The topological polar surface area (TPSA) is 67.6 Å². The summed E-state index contributed by atoms with van der Waals surface area (Å²) in [6, 6.07) is 7.86. The molecule has 0 bridgehead atoms. The van der Waals surface area contributed by atoms with Gasteiger partial charge in [0, 0.05) is 37.8 Å². The summed E-state index contributed by atoms with van der Waals surface area (Å²) in [6.07, 6.45) is 0.341. The molecule has 0 aromatic heterocycles. The first-order chi connectivity index (χ1) is 9.63. The molecule has 1 unspecified atom stereocenters. The zero-order chi connectivity index (χ0) is 14.4. The molecule has 1 aliphatic rings. The Balaban J connectivity index is 1.91. The summed E-state index contributed by atoms with van der Waals surface area (Å²) < 4.78 is 5.34. The second kappa shape index (κ2) is 7.38. The lowest BCUT2D eigenvalue weighted by atomic mass is 10.1. The number of amides is 1. The Morgan fingerprint density at radius 2 is 2.20 bits per heavy atom. The third-order valence-corrected chi connectivity index (χ3v) is 3.23. The number of rotatable bonds is 5. The van der Waals surface area contributed by atoms with Gasteiger partial charge in [-0.05, 0) is 24.6 Å². The number of hydrogen-bond donors (Lipinski definition) is 2. The Bertz CT molecular complexity index is 442. The number of carbonyl (C=O) groups excluding carboxylic acids is 1. The van der Waals surface area contributed by atoms with Crippen molar-refractivity contribution < 1.29 is 9.53 Å². The van der Waals surface area contributed by atoms with Gasteiger partial charge >= 0.3 is 0 Å². The van der Waals surface area contributed by atoms with Crippen LogP contribution in [0.1, 0.15) is 18.9 Å². The lowest BCUT2D eigenvalue weighted by Crippen LogP contribution is -2.35. The molecule has 0 saturated carbocycles. The highest BCUT2D eigenvalue weighted by atomic mass is 16.5. The minimum Gasteiger partial charge on any atom is -0.379 e. The molecule has 1 fully saturated rings. The van der Waals surface area contributed by atoms with Gasteiger partial charge in [-0.25, -0.2) is 0 Å². The zero-order valence-electron chi connectivity index (χ0n) is 12.0. The van der Waals surface area contributed by atoms with Crippen molar-refractivity contribution in [1.82, 2.24) is 4.90 Å². The maximum atomic E-state index is 11.7. The van der Waals surface area contributed by atoms with Gasteiger partial charge in [0.2, 0.25) is 5.91 Å². The van der Waals surface area contributed by atoms with E-state index in [9.17, 15) is 4.79 Å². The summed E-state index contributed by atoms with van der Waals surface area (Å²) >= 11 is 0. The summed E-state index contributed by atoms with van der Waals surface area (Å²) in [5.74, 6) is -0.0384. The molecule has 1 aliphatic heterocycles. The quantitative estimate of drug-likeness (QED) is 0.848. The number of nitrogens with zero attached hydrogens (tertiary/aromatic N) is 1.